The minimum absolute atomic E-state index is 0.656. The summed E-state index contributed by atoms with van der Waals surface area (Å²) in [6.07, 6.45) is 12.9. The standard InChI is InChI=1S/C40H58.4C2H6/c1-8-38-29-40(28-32(4)34(38)6)31(3)19-16-15-18-30(2)33(5)35(7)39(27-26-37-22-13-10-14-23-37)25-17-24-36-20-11-9-12-21-36;4*1-2/h9-14,20-23,28-31,33,35,39H,8,15-19,24-27H2,1-7H3;4*1-2H3. The summed E-state index contributed by atoms with van der Waals surface area (Å²) in [5, 5.41) is 0. The van der Waals surface area contributed by atoms with Crippen molar-refractivity contribution in [1.29, 1.82) is 0 Å². The maximum atomic E-state index is 2.56. The van der Waals surface area contributed by atoms with Crippen LogP contribution < -0.4 is 0 Å². The molecule has 48 heavy (non-hydrogen) atoms. The molecule has 0 amide bonds. The first-order valence-corrected chi connectivity index (χ1v) is 20.5. The van der Waals surface area contributed by atoms with Crippen LogP contribution in [0.5, 0.6) is 0 Å². The summed E-state index contributed by atoms with van der Waals surface area (Å²) < 4.78 is 0. The molecule has 0 fully saturated rings. The zero-order valence-electron chi connectivity index (χ0n) is 34.9. The van der Waals surface area contributed by atoms with E-state index in [2.05, 4.69) is 121 Å². The summed E-state index contributed by atoms with van der Waals surface area (Å²) in [5.74, 6) is 3.76. The van der Waals surface area contributed by atoms with Gasteiger partial charge in [-0.15, -0.1) is 0 Å². The lowest BCUT2D eigenvalue weighted by molar-refractivity contribution is 0.174. The van der Waals surface area contributed by atoms with Crippen LogP contribution in [0, 0.1) is 37.5 Å². The maximum absolute atomic E-state index is 2.56. The lowest BCUT2D eigenvalue weighted by Gasteiger charge is -2.33. The first-order valence-electron chi connectivity index (χ1n) is 20.5. The van der Waals surface area contributed by atoms with Crippen molar-refractivity contribution >= 4 is 0 Å². The molecule has 0 N–H and O–H groups in total. The molecule has 3 rings (SSSR count). The Morgan fingerprint density at radius 1 is 0.521 bits per heavy atom. The highest BCUT2D eigenvalue weighted by molar-refractivity contribution is 5.39. The number of aryl methyl sites for hydroxylation is 4. The van der Waals surface area contributed by atoms with Crippen LogP contribution in [0.15, 0.2) is 72.8 Å². The zero-order chi connectivity index (χ0) is 36.9. The molecule has 5 atom stereocenters. The van der Waals surface area contributed by atoms with E-state index in [1.807, 2.05) is 55.4 Å². The third-order valence-corrected chi connectivity index (χ3v) is 10.3. The highest BCUT2D eigenvalue weighted by Gasteiger charge is 2.26. The molecule has 0 heteroatoms. The van der Waals surface area contributed by atoms with Gasteiger partial charge in [0.05, 0.1) is 0 Å². The highest BCUT2D eigenvalue weighted by atomic mass is 14.3. The Morgan fingerprint density at radius 3 is 1.54 bits per heavy atom. The second-order valence-electron chi connectivity index (χ2n) is 13.0. The summed E-state index contributed by atoms with van der Waals surface area (Å²) in [6.45, 7) is 32.9. The molecule has 0 aromatic heterocycles. The van der Waals surface area contributed by atoms with Gasteiger partial charge >= 0.3 is 0 Å². The molecule has 0 nitrogen and oxygen atoms in total. The van der Waals surface area contributed by atoms with Crippen LogP contribution in [0.1, 0.15) is 174 Å². The van der Waals surface area contributed by atoms with Gasteiger partial charge in [0, 0.05) is 0 Å². The van der Waals surface area contributed by atoms with Gasteiger partial charge in [0.1, 0.15) is 0 Å². The fraction of sp³-hybridized carbons (Fsp3) is 0.625. The van der Waals surface area contributed by atoms with Gasteiger partial charge in [-0.3, -0.25) is 0 Å². The van der Waals surface area contributed by atoms with Gasteiger partial charge in [0.15, 0.2) is 0 Å². The van der Waals surface area contributed by atoms with Gasteiger partial charge in [-0.1, -0.05) is 182 Å². The minimum Gasteiger partial charge on any atom is -0.0683 e. The molecule has 0 spiro atoms. The predicted molar refractivity (Wildman–Crippen MR) is 223 cm³/mol. The van der Waals surface area contributed by atoms with E-state index in [9.17, 15) is 0 Å². The van der Waals surface area contributed by atoms with Crippen LogP contribution in [0.3, 0.4) is 0 Å². The molecular weight excluding hydrogens is 577 g/mol. The maximum Gasteiger partial charge on any atom is -0.0190 e. The second-order valence-corrected chi connectivity index (χ2v) is 13.0. The Hall–Kier alpha value is -2.34. The van der Waals surface area contributed by atoms with Crippen LogP contribution >= 0.6 is 0 Å². The van der Waals surface area contributed by atoms with Crippen molar-refractivity contribution in [3.63, 3.8) is 0 Å². The minimum atomic E-state index is 0.656. The topological polar surface area (TPSA) is 0 Å². The van der Waals surface area contributed by atoms with Gasteiger partial charge in [-0.05, 0) is 122 Å². The van der Waals surface area contributed by atoms with Gasteiger partial charge in [0.25, 0.3) is 0 Å². The van der Waals surface area contributed by atoms with Gasteiger partial charge < -0.3 is 0 Å². The number of unbranched alkanes of at least 4 members (excludes halogenated alkanes) is 1. The molecule has 0 aliphatic heterocycles. The van der Waals surface area contributed by atoms with Gasteiger partial charge in [-0.25, -0.2) is 0 Å². The Kier molecular flexibility index (Phi) is 30.6. The average Bonchev–Trinajstić information content (AvgIpc) is 3.15. The number of rotatable bonds is 17. The van der Waals surface area contributed by atoms with Crippen LogP contribution in [-0.4, -0.2) is 0 Å². The Bertz CT molecular complexity index is 1100. The summed E-state index contributed by atoms with van der Waals surface area (Å²) >= 11 is 0. The van der Waals surface area contributed by atoms with Crippen molar-refractivity contribution in [3.8, 4) is 0 Å². The molecular formula is C48H82. The number of hydrogen-bond donors (Lipinski definition) is 0. The third kappa shape index (κ3) is 18.4. The summed E-state index contributed by atoms with van der Waals surface area (Å²) in [4.78, 5) is 0. The van der Waals surface area contributed by atoms with Gasteiger partial charge in [0.2, 0.25) is 0 Å². The van der Waals surface area contributed by atoms with Crippen LogP contribution in [0.2, 0.25) is 0 Å². The number of hydrogen-bond acceptors (Lipinski definition) is 0. The quantitative estimate of drug-likeness (QED) is 0.127. The van der Waals surface area contributed by atoms with E-state index in [-0.39, 0.29) is 0 Å². The SMILES string of the molecule is CC.CC.CC.CC.CCc1cc(C(C)CCCCC(C)C(C)C(C)C(CCCc2ccccc2)CCc2ccccc2)cc(C)c1C. The fourth-order valence-electron chi connectivity index (χ4n) is 6.79. The molecule has 0 saturated heterocycles. The first-order chi connectivity index (χ1) is 23.3. The molecule has 0 aliphatic carbocycles. The largest absolute Gasteiger partial charge is 0.0683 e. The molecule has 0 saturated carbocycles. The van der Waals surface area contributed by atoms with E-state index in [0.29, 0.717) is 5.92 Å². The van der Waals surface area contributed by atoms with E-state index in [0.717, 1.165) is 30.1 Å². The Labute approximate surface area is 303 Å². The van der Waals surface area contributed by atoms with Crippen molar-refractivity contribution < 1.29 is 0 Å². The average molecular weight is 659 g/mol. The van der Waals surface area contributed by atoms with Crippen molar-refractivity contribution in [3.05, 3.63) is 106 Å². The molecule has 0 bridgehead atoms. The first kappa shape index (κ1) is 47.8. The van der Waals surface area contributed by atoms with E-state index in [4.69, 9.17) is 0 Å². The van der Waals surface area contributed by atoms with Crippen LogP contribution in [0.4, 0.5) is 0 Å². The zero-order valence-corrected chi connectivity index (χ0v) is 34.9. The van der Waals surface area contributed by atoms with Crippen molar-refractivity contribution in [1.82, 2.24) is 0 Å². The van der Waals surface area contributed by atoms with Crippen LogP contribution in [0.25, 0.3) is 0 Å². The monoisotopic (exact) mass is 659 g/mol. The van der Waals surface area contributed by atoms with E-state index in [1.54, 1.807) is 5.56 Å². The Balaban J connectivity index is 0. The summed E-state index contributed by atoms with van der Waals surface area (Å²) in [7, 11) is 0. The molecule has 0 aliphatic rings. The lowest BCUT2D eigenvalue weighted by Crippen LogP contribution is -2.25. The van der Waals surface area contributed by atoms with Crippen molar-refractivity contribution in [2.24, 2.45) is 23.7 Å². The molecule has 5 unspecified atom stereocenters. The molecule has 0 heterocycles. The van der Waals surface area contributed by atoms with Crippen molar-refractivity contribution in [2.75, 3.05) is 0 Å². The van der Waals surface area contributed by atoms with Crippen molar-refractivity contribution in [2.45, 2.75) is 174 Å². The Morgan fingerprint density at radius 2 is 1.02 bits per heavy atom. The predicted octanol–water partition coefficient (Wildman–Crippen LogP) is 15.8. The van der Waals surface area contributed by atoms with E-state index < -0.39 is 0 Å². The van der Waals surface area contributed by atoms with Crippen LogP contribution in [-0.2, 0) is 19.3 Å². The van der Waals surface area contributed by atoms with E-state index >= 15 is 0 Å². The number of benzene rings is 3. The molecule has 0 radical (unpaired) electrons. The second kappa shape index (κ2) is 30.7. The molecule has 274 valence electrons. The van der Waals surface area contributed by atoms with Gasteiger partial charge in [-0.2, -0.15) is 0 Å². The smallest absolute Gasteiger partial charge is 0.0190 e. The van der Waals surface area contributed by atoms with E-state index in [1.165, 1.54) is 85.6 Å². The normalized spacial score (nSPS) is 13.3. The fourth-order valence-corrected chi connectivity index (χ4v) is 6.79. The highest BCUT2D eigenvalue weighted by Crippen LogP contribution is 2.35. The summed E-state index contributed by atoms with van der Waals surface area (Å²) in [5.41, 5.74) is 9.00. The summed E-state index contributed by atoms with van der Waals surface area (Å²) in [6, 6.07) is 27.1. The lowest BCUT2D eigenvalue weighted by atomic mass is 9.72. The molecule has 3 aromatic carbocycles. The third-order valence-electron chi connectivity index (χ3n) is 10.3. The molecule has 3 aromatic rings.